The summed E-state index contributed by atoms with van der Waals surface area (Å²) in [7, 11) is 0. The highest BCUT2D eigenvalue weighted by molar-refractivity contribution is 5.77. The highest BCUT2D eigenvalue weighted by Crippen LogP contribution is 2.04. The zero-order valence-corrected chi connectivity index (χ0v) is 11.4. The van der Waals surface area contributed by atoms with Gasteiger partial charge in [-0.15, -0.1) is 0 Å². The summed E-state index contributed by atoms with van der Waals surface area (Å²) in [5.41, 5.74) is 1.75. The molecule has 0 radical (unpaired) electrons. The van der Waals surface area contributed by atoms with Crippen LogP contribution in [0.3, 0.4) is 0 Å². The molecular formula is C15H19N3O2. The van der Waals surface area contributed by atoms with E-state index in [1.165, 1.54) is 0 Å². The second-order valence-corrected chi connectivity index (χ2v) is 4.83. The Morgan fingerprint density at radius 1 is 1.45 bits per heavy atom. The number of nitrogens with zero attached hydrogens (tertiary/aromatic N) is 1. The molecule has 2 N–H and O–H groups in total. The van der Waals surface area contributed by atoms with Gasteiger partial charge in [0.05, 0.1) is 17.7 Å². The molecule has 0 saturated carbocycles. The quantitative estimate of drug-likeness (QED) is 0.796. The van der Waals surface area contributed by atoms with Crippen molar-refractivity contribution in [2.75, 3.05) is 26.2 Å². The van der Waals surface area contributed by atoms with Gasteiger partial charge in [-0.25, -0.2) is 0 Å². The third kappa shape index (κ3) is 4.65. The first-order valence-electron chi connectivity index (χ1n) is 6.86. The molecule has 5 nitrogen and oxygen atoms in total. The molecule has 1 aromatic rings. The average molecular weight is 273 g/mol. The summed E-state index contributed by atoms with van der Waals surface area (Å²) in [6, 6.07) is 9.47. The number of amides is 1. The fraction of sp³-hybridized carbons (Fsp3) is 0.467. The monoisotopic (exact) mass is 273 g/mol. The van der Waals surface area contributed by atoms with Crippen LogP contribution in [0.4, 0.5) is 0 Å². The van der Waals surface area contributed by atoms with Crippen molar-refractivity contribution in [3.63, 3.8) is 0 Å². The Morgan fingerprint density at radius 2 is 2.25 bits per heavy atom. The molecule has 0 bridgehead atoms. The first-order chi connectivity index (χ1) is 9.78. The van der Waals surface area contributed by atoms with Crippen molar-refractivity contribution >= 4 is 5.91 Å². The number of benzene rings is 1. The maximum atomic E-state index is 11.6. The van der Waals surface area contributed by atoms with Crippen LogP contribution in [0.5, 0.6) is 0 Å². The van der Waals surface area contributed by atoms with Gasteiger partial charge in [0, 0.05) is 13.1 Å². The summed E-state index contributed by atoms with van der Waals surface area (Å²) in [4.78, 5) is 11.6. The van der Waals surface area contributed by atoms with E-state index in [1.54, 1.807) is 12.1 Å². The van der Waals surface area contributed by atoms with E-state index in [4.69, 9.17) is 10.00 Å². The summed E-state index contributed by atoms with van der Waals surface area (Å²) < 4.78 is 5.49. The first kappa shape index (κ1) is 14.5. The van der Waals surface area contributed by atoms with Crippen LogP contribution in [0.15, 0.2) is 24.3 Å². The minimum atomic E-state index is -0.0782. The molecule has 1 fully saturated rings. The number of nitrogens with one attached hydrogen (secondary N) is 2. The largest absolute Gasteiger partial charge is 0.367 e. The predicted octanol–water partition coefficient (Wildman–Crippen LogP) is 0.595. The zero-order chi connectivity index (χ0) is 14.2. The molecular weight excluding hydrogens is 254 g/mol. The van der Waals surface area contributed by atoms with Gasteiger partial charge in [0.2, 0.25) is 5.91 Å². The molecule has 106 valence electrons. The Bertz CT molecular complexity index is 473. The molecule has 1 atom stereocenters. The summed E-state index contributed by atoms with van der Waals surface area (Å²) in [6.45, 7) is 2.50. The molecule has 1 aromatic carbocycles. The maximum absolute atomic E-state index is 11.6. The van der Waals surface area contributed by atoms with E-state index in [-0.39, 0.29) is 18.6 Å². The van der Waals surface area contributed by atoms with Crippen LogP contribution in [0.2, 0.25) is 0 Å². The van der Waals surface area contributed by atoms with Gasteiger partial charge in [0.25, 0.3) is 0 Å². The second-order valence-electron chi connectivity index (χ2n) is 4.83. The summed E-state index contributed by atoms with van der Waals surface area (Å²) in [5, 5.41) is 14.7. The van der Waals surface area contributed by atoms with Gasteiger partial charge < -0.3 is 15.4 Å². The SMILES string of the molecule is N#Cc1ccc(CCNC(=O)CO[C@H]2CCNC2)cc1. The molecule has 0 aliphatic carbocycles. The van der Waals surface area contributed by atoms with Crippen LogP contribution in [0.25, 0.3) is 0 Å². The van der Waals surface area contributed by atoms with Gasteiger partial charge in [-0.1, -0.05) is 12.1 Å². The van der Waals surface area contributed by atoms with Crippen molar-refractivity contribution in [1.82, 2.24) is 10.6 Å². The van der Waals surface area contributed by atoms with Gasteiger partial charge in [-0.3, -0.25) is 4.79 Å². The van der Waals surface area contributed by atoms with Crippen LogP contribution in [-0.4, -0.2) is 38.3 Å². The normalized spacial score (nSPS) is 17.6. The zero-order valence-electron chi connectivity index (χ0n) is 11.4. The van der Waals surface area contributed by atoms with E-state index in [0.717, 1.165) is 31.5 Å². The van der Waals surface area contributed by atoms with Gasteiger partial charge >= 0.3 is 0 Å². The molecule has 1 aliphatic rings. The summed E-state index contributed by atoms with van der Waals surface area (Å²) in [6.07, 6.45) is 1.89. The second kappa shape index (κ2) is 7.63. The number of ether oxygens (including phenoxy) is 1. The molecule has 2 rings (SSSR count). The van der Waals surface area contributed by atoms with E-state index in [1.807, 2.05) is 12.1 Å². The number of carbonyl (C=O) groups excluding carboxylic acids is 1. The number of nitriles is 1. The molecule has 1 heterocycles. The topological polar surface area (TPSA) is 74.2 Å². The lowest BCUT2D eigenvalue weighted by Gasteiger charge is -2.10. The lowest BCUT2D eigenvalue weighted by molar-refractivity contribution is -0.127. The smallest absolute Gasteiger partial charge is 0.246 e. The first-order valence-corrected chi connectivity index (χ1v) is 6.86. The lowest BCUT2D eigenvalue weighted by atomic mass is 10.1. The Labute approximate surface area is 118 Å². The molecule has 5 heteroatoms. The maximum Gasteiger partial charge on any atom is 0.246 e. The molecule has 0 unspecified atom stereocenters. The van der Waals surface area contributed by atoms with Crippen molar-refractivity contribution in [3.8, 4) is 6.07 Å². The van der Waals surface area contributed by atoms with E-state index >= 15 is 0 Å². The number of rotatable bonds is 6. The third-order valence-electron chi connectivity index (χ3n) is 3.28. The average Bonchev–Trinajstić information content (AvgIpc) is 2.99. The Morgan fingerprint density at radius 3 is 2.90 bits per heavy atom. The molecule has 0 spiro atoms. The minimum Gasteiger partial charge on any atom is -0.367 e. The Kier molecular flexibility index (Phi) is 5.54. The number of hydrogen-bond acceptors (Lipinski definition) is 4. The number of carbonyl (C=O) groups is 1. The Hall–Kier alpha value is -1.90. The summed E-state index contributed by atoms with van der Waals surface area (Å²) in [5.74, 6) is -0.0782. The Balaban J connectivity index is 1.61. The van der Waals surface area contributed by atoms with Crippen molar-refractivity contribution in [2.45, 2.75) is 18.9 Å². The van der Waals surface area contributed by atoms with E-state index in [9.17, 15) is 4.79 Å². The van der Waals surface area contributed by atoms with Crippen LogP contribution in [-0.2, 0) is 16.0 Å². The van der Waals surface area contributed by atoms with Crippen LogP contribution in [0.1, 0.15) is 17.5 Å². The van der Waals surface area contributed by atoms with Gasteiger partial charge in [-0.05, 0) is 37.1 Å². The molecule has 1 aliphatic heterocycles. The number of hydrogen-bond donors (Lipinski definition) is 2. The highest BCUT2D eigenvalue weighted by atomic mass is 16.5. The summed E-state index contributed by atoms with van der Waals surface area (Å²) >= 11 is 0. The standard InChI is InChI=1S/C15H19N3O2/c16-9-13-3-1-12(2-4-13)5-8-18-15(19)11-20-14-6-7-17-10-14/h1-4,14,17H,5-8,10-11H2,(H,18,19)/t14-/m0/s1. The molecule has 0 aromatic heterocycles. The van der Waals surface area contributed by atoms with E-state index in [0.29, 0.717) is 12.1 Å². The van der Waals surface area contributed by atoms with Gasteiger partial charge in [0.15, 0.2) is 0 Å². The van der Waals surface area contributed by atoms with E-state index < -0.39 is 0 Å². The van der Waals surface area contributed by atoms with Crippen molar-refractivity contribution < 1.29 is 9.53 Å². The molecule has 20 heavy (non-hydrogen) atoms. The fourth-order valence-corrected chi connectivity index (χ4v) is 2.11. The van der Waals surface area contributed by atoms with Crippen LogP contribution < -0.4 is 10.6 Å². The van der Waals surface area contributed by atoms with Crippen LogP contribution in [0, 0.1) is 11.3 Å². The minimum absolute atomic E-state index is 0.0782. The van der Waals surface area contributed by atoms with E-state index in [2.05, 4.69) is 16.7 Å². The predicted molar refractivity (Wildman–Crippen MR) is 75.1 cm³/mol. The molecule has 1 saturated heterocycles. The molecule has 1 amide bonds. The van der Waals surface area contributed by atoms with Crippen molar-refractivity contribution in [3.05, 3.63) is 35.4 Å². The van der Waals surface area contributed by atoms with Crippen LogP contribution >= 0.6 is 0 Å². The van der Waals surface area contributed by atoms with Gasteiger partial charge in [0.1, 0.15) is 6.61 Å². The lowest BCUT2D eigenvalue weighted by Crippen LogP contribution is -2.31. The fourth-order valence-electron chi connectivity index (χ4n) is 2.11. The van der Waals surface area contributed by atoms with Crippen molar-refractivity contribution in [2.24, 2.45) is 0 Å². The van der Waals surface area contributed by atoms with Crippen molar-refractivity contribution in [1.29, 1.82) is 5.26 Å². The van der Waals surface area contributed by atoms with Gasteiger partial charge in [-0.2, -0.15) is 5.26 Å². The highest BCUT2D eigenvalue weighted by Gasteiger charge is 2.15. The third-order valence-corrected chi connectivity index (χ3v) is 3.28.